The highest BCUT2D eigenvalue weighted by atomic mass is 16.5. The zero-order valence-electron chi connectivity index (χ0n) is 22.8. The molecule has 3 aromatic rings. The highest BCUT2D eigenvalue weighted by Gasteiger charge is 2.20. The van der Waals surface area contributed by atoms with E-state index in [9.17, 15) is 4.79 Å². The molecule has 1 aliphatic heterocycles. The third-order valence-electron chi connectivity index (χ3n) is 6.88. The summed E-state index contributed by atoms with van der Waals surface area (Å²) in [5.74, 6) is 1.35. The van der Waals surface area contributed by atoms with Gasteiger partial charge in [-0.2, -0.15) is 0 Å². The molecule has 38 heavy (non-hydrogen) atoms. The Labute approximate surface area is 224 Å². The van der Waals surface area contributed by atoms with Gasteiger partial charge in [0.15, 0.2) is 5.65 Å². The van der Waals surface area contributed by atoms with Crippen LogP contribution in [-0.2, 0) is 16.0 Å². The van der Waals surface area contributed by atoms with Crippen molar-refractivity contribution in [2.75, 3.05) is 72.6 Å². The lowest BCUT2D eigenvalue weighted by Crippen LogP contribution is -2.37. The lowest BCUT2D eigenvalue weighted by Gasteiger charge is -2.26. The first-order chi connectivity index (χ1) is 18.6. The summed E-state index contributed by atoms with van der Waals surface area (Å²) in [6, 6.07) is 11.4. The standard InChI is InChI=1S/C28H40N6O4/c1-36-20-18-33(19-21-37-2)27(35)25-13-12-24-26(30-25)34(17-7-16-32-14-5-4-6-15-32)28(31-24)29-22-8-10-23(38-3)11-9-22/h8-13H,4-7,14-21H2,1-3H3,(H,29,31). The number of fused-ring (bicyclic) bond motifs is 1. The van der Waals surface area contributed by atoms with Crippen LogP contribution < -0.4 is 10.1 Å². The van der Waals surface area contributed by atoms with Gasteiger partial charge in [0.25, 0.3) is 5.91 Å². The number of carbonyl (C=O) groups excluding carboxylic acids is 1. The second-order valence-corrected chi connectivity index (χ2v) is 9.51. The van der Waals surface area contributed by atoms with Crippen LogP contribution in [0.1, 0.15) is 36.2 Å². The molecular formula is C28H40N6O4. The summed E-state index contributed by atoms with van der Waals surface area (Å²) >= 11 is 0. The van der Waals surface area contributed by atoms with Crippen molar-refractivity contribution in [3.63, 3.8) is 0 Å². The SMILES string of the molecule is COCCN(CCOC)C(=O)c1ccc2nc(Nc3ccc(OC)cc3)n(CCCN3CCCCC3)c2n1. The minimum Gasteiger partial charge on any atom is -0.497 e. The highest BCUT2D eigenvalue weighted by Crippen LogP contribution is 2.24. The van der Waals surface area contributed by atoms with Crippen LogP contribution in [0.4, 0.5) is 11.6 Å². The van der Waals surface area contributed by atoms with Gasteiger partial charge < -0.3 is 29.3 Å². The van der Waals surface area contributed by atoms with Crippen molar-refractivity contribution in [2.24, 2.45) is 0 Å². The lowest BCUT2D eigenvalue weighted by atomic mass is 10.1. The predicted molar refractivity (Wildman–Crippen MR) is 148 cm³/mol. The van der Waals surface area contributed by atoms with E-state index in [0.717, 1.165) is 49.6 Å². The van der Waals surface area contributed by atoms with Crippen LogP contribution >= 0.6 is 0 Å². The number of hydrogen-bond acceptors (Lipinski definition) is 8. The van der Waals surface area contributed by atoms with Gasteiger partial charge in [-0.15, -0.1) is 0 Å². The van der Waals surface area contributed by atoms with Crippen LogP contribution in [0.5, 0.6) is 5.75 Å². The number of anilines is 2. The number of carbonyl (C=O) groups is 1. The average molecular weight is 525 g/mol. The summed E-state index contributed by atoms with van der Waals surface area (Å²) < 4.78 is 17.8. The monoisotopic (exact) mass is 524 g/mol. The number of imidazole rings is 1. The number of rotatable bonds is 14. The molecule has 2 aromatic heterocycles. The van der Waals surface area contributed by atoms with E-state index in [1.807, 2.05) is 30.3 Å². The smallest absolute Gasteiger partial charge is 0.272 e. The van der Waals surface area contributed by atoms with E-state index in [2.05, 4.69) is 14.8 Å². The van der Waals surface area contributed by atoms with Crippen molar-refractivity contribution in [3.05, 3.63) is 42.1 Å². The second-order valence-electron chi connectivity index (χ2n) is 9.51. The molecule has 10 heteroatoms. The Hall–Kier alpha value is -3.21. The van der Waals surface area contributed by atoms with Crippen molar-refractivity contribution < 1.29 is 19.0 Å². The number of ether oxygens (including phenoxy) is 3. The summed E-state index contributed by atoms with van der Waals surface area (Å²) in [4.78, 5) is 27.3. The zero-order valence-corrected chi connectivity index (χ0v) is 22.8. The number of aromatic nitrogens is 3. The fraction of sp³-hybridized carbons (Fsp3) is 0.536. The van der Waals surface area contributed by atoms with E-state index in [1.54, 1.807) is 32.3 Å². The fourth-order valence-electron chi connectivity index (χ4n) is 4.75. The van der Waals surface area contributed by atoms with Gasteiger partial charge in [-0.05, 0) is 75.3 Å². The number of nitrogens with one attached hydrogen (secondary N) is 1. The number of benzene rings is 1. The molecule has 0 spiro atoms. The predicted octanol–water partition coefficient (Wildman–Crippen LogP) is 3.79. The Bertz CT molecular complexity index is 1150. The largest absolute Gasteiger partial charge is 0.497 e. The molecule has 4 rings (SSSR count). The molecule has 0 bridgehead atoms. The number of pyridine rings is 1. The lowest BCUT2D eigenvalue weighted by molar-refractivity contribution is 0.0622. The van der Waals surface area contributed by atoms with Crippen LogP contribution in [0.25, 0.3) is 11.2 Å². The van der Waals surface area contributed by atoms with Gasteiger partial charge in [-0.3, -0.25) is 9.36 Å². The van der Waals surface area contributed by atoms with E-state index in [-0.39, 0.29) is 5.91 Å². The first-order valence-electron chi connectivity index (χ1n) is 13.4. The Morgan fingerprint density at radius 1 is 0.921 bits per heavy atom. The summed E-state index contributed by atoms with van der Waals surface area (Å²) in [5.41, 5.74) is 2.73. The third kappa shape index (κ3) is 7.21. The number of methoxy groups -OCH3 is 3. The number of hydrogen-bond donors (Lipinski definition) is 1. The molecule has 1 amide bonds. The van der Waals surface area contributed by atoms with Gasteiger partial charge in [0.1, 0.15) is 17.0 Å². The normalized spacial score (nSPS) is 14.1. The molecular weight excluding hydrogens is 484 g/mol. The molecule has 1 aromatic carbocycles. The first kappa shape index (κ1) is 27.8. The van der Waals surface area contributed by atoms with Gasteiger partial charge >= 0.3 is 0 Å². The number of aryl methyl sites for hydroxylation is 1. The molecule has 1 aliphatic rings. The quantitative estimate of drug-likeness (QED) is 0.340. The molecule has 0 unspecified atom stereocenters. The molecule has 1 N–H and O–H groups in total. The van der Waals surface area contributed by atoms with Gasteiger partial charge in [-0.1, -0.05) is 6.42 Å². The van der Waals surface area contributed by atoms with Gasteiger partial charge in [0.05, 0.1) is 20.3 Å². The molecule has 3 heterocycles. The molecule has 0 aliphatic carbocycles. The first-order valence-corrected chi connectivity index (χ1v) is 13.4. The van der Waals surface area contributed by atoms with Crippen LogP contribution in [-0.4, -0.2) is 97.5 Å². The Balaban J connectivity index is 1.60. The van der Waals surface area contributed by atoms with Crippen LogP contribution in [0, 0.1) is 0 Å². The van der Waals surface area contributed by atoms with E-state index in [0.29, 0.717) is 43.6 Å². The summed E-state index contributed by atoms with van der Waals surface area (Å²) in [6.07, 6.45) is 4.84. The molecule has 0 saturated carbocycles. The fourth-order valence-corrected chi connectivity index (χ4v) is 4.75. The minimum absolute atomic E-state index is 0.147. The summed E-state index contributed by atoms with van der Waals surface area (Å²) in [7, 11) is 4.91. The number of likely N-dealkylation sites (tertiary alicyclic amines) is 1. The van der Waals surface area contributed by atoms with E-state index in [1.165, 1.54) is 19.3 Å². The summed E-state index contributed by atoms with van der Waals surface area (Å²) in [6.45, 7) is 5.93. The van der Waals surface area contributed by atoms with E-state index >= 15 is 0 Å². The third-order valence-corrected chi connectivity index (χ3v) is 6.88. The highest BCUT2D eigenvalue weighted by molar-refractivity contribution is 5.94. The Kier molecular flexibility index (Phi) is 10.3. The molecule has 10 nitrogen and oxygen atoms in total. The maximum absolute atomic E-state index is 13.4. The topological polar surface area (TPSA) is 94.0 Å². The maximum atomic E-state index is 13.4. The Morgan fingerprint density at radius 3 is 2.29 bits per heavy atom. The molecule has 0 atom stereocenters. The van der Waals surface area contributed by atoms with Crippen LogP contribution in [0.3, 0.4) is 0 Å². The molecule has 0 radical (unpaired) electrons. The zero-order chi connectivity index (χ0) is 26.7. The van der Waals surface area contributed by atoms with Gasteiger partial charge in [-0.25, -0.2) is 9.97 Å². The minimum atomic E-state index is -0.147. The molecule has 1 saturated heterocycles. The van der Waals surface area contributed by atoms with Crippen molar-refractivity contribution in [2.45, 2.75) is 32.2 Å². The van der Waals surface area contributed by atoms with E-state index < -0.39 is 0 Å². The Morgan fingerprint density at radius 2 is 1.63 bits per heavy atom. The number of amides is 1. The van der Waals surface area contributed by atoms with Gasteiger partial charge in [0, 0.05) is 39.5 Å². The number of nitrogens with zero attached hydrogens (tertiary/aromatic N) is 5. The summed E-state index contributed by atoms with van der Waals surface area (Å²) in [5, 5.41) is 3.44. The van der Waals surface area contributed by atoms with Crippen LogP contribution in [0.15, 0.2) is 36.4 Å². The second kappa shape index (κ2) is 14.1. The maximum Gasteiger partial charge on any atom is 0.272 e. The molecule has 206 valence electrons. The van der Waals surface area contributed by atoms with Gasteiger partial charge in [0.2, 0.25) is 5.95 Å². The van der Waals surface area contributed by atoms with Crippen molar-refractivity contribution in [1.82, 2.24) is 24.3 Å². The number of piperidine rings is 1. The van der Waals surface area contributed by atoms with Crippen molar-refractivity contribution >= 4 is 28.7 Å². The average Bonchev–Trinajstić information content (AvgIpc) is 3.29. The molecule has 1 fully saturated rings. The van der Waals surface area contributed by atoms with Crippen molar-refractivity contribution in [3.8, 4) is 5.75 Å². The van der Waals surface area contributed by atoms with Crippen molar-refractivity contribution in [1.29, 1.82) is 0 Å². The van der Waals surface area contributed by atoms with Crippen LogP contribution in [0.2, 0.25) is 0 Å². The van der Waals surface area contributed by atoms with E-state index in [4.69, 9.17) is 24.2 Å².